The lowest BCUT2D eigenvalue weighted by molar-refractivity contribution is -0.120. The Morgan fingerprint density at radius 1 is 1.21 bits per heavy atom. The number of nitrogens with two attached hydrogens (primary N) is 1. The monoisotopic (exact) mass is 470 g/mol. The van der Waals surface area contributed by atoms with Crippen LogP contribution in [0.15, 0.2) is 42.5 Å². The van der Waals surface area contributed by atoms with Gasteiger partial charge in [-0.1, -0.05) is 38.1 Å². The third-order valence-corrected chi connectivity index (χ3v) is 5.59. The van der Waals surface area contributed by atoms with E-state index in [0.29, 0.717) is 35.7 Å². The van der Waals surface area contributed by atoms with Crippen molar-refractivity contribution in [1.29, 1.82) is 0 Å². The van der Waals surface area contributed by atoms with Crippen LogP contribution in [0.5, 0.6) is 0 Å². The number of nitrogens with one attached hydrogen (secondary N) is 2. The summed E-state index contributed by atoms with van der Waals surface area (Å²) in [7, 11) is 0. The Bertz CT molecular complexity index is 1040. The number of halogens is 1. The molecule has 1 heterocycles. The molecule has 0 bridgehead atoms. The summed E-state index contributed by atoms with van der Waals surface area (Å²) in [4.78, 5) is 36.2. The molecule has 0 unspecified atom stereocenters. The molecule has 8 nitrogen and oxygen atoms in total. The summed E-state index contributed by atoms with van der Waals surface area (Å²) in [6, 6.07) is 11.5. The highest BCUT2D eigenvalue weighted by atomic mass is 19.1. The van der Waals surface area contributed by atoms with Gasteiger partial charge in [0, 0.05) is 19.0 Å². The Morgan fingerprint density at radius 2 is 1.91 bits per heavy atom. The quantitative estimate of drug-likeness (QED) is 0.494. The van der Waals surface area contributed by atoms with Crippen LogP contribution in [0.1, 0.15) is 32.8 Å². The Kier molecular flexibility index (Phi) is 8.22. The molecule has 34 heavy (non-hydrogen) atoms. The number of hydrogen-bond donors (Lipinski definition) is 3. The minimum Gasteiger partial charge on any atom is -0.442 e. The van der Waals surface area contributed by atoms with E-state index < -0.39 is 24.1 Å². The zero-order valence-electron chi connectivity index (χ0n) is 19.6. The maximum absolute atomic E-state index is 14.9. The zero-order chi connectivity index (χ0) is 24.8. The van der Waals surface area contributed by atoms with Gasteiger partial charge in [-0.25, -0.2) is 9.18 Å². The van der Waals surface area contributed by atoms with Crippen molar-refractivity contribution in [3.8, 4) is 11.1 Å². The molecule has 1 fully saturated rings. The van der Waals surface area contributed by atoms with Gasteiger partial charge < -0.3 is 21.1 Å². The predicted molar refractivity (Wildman–Crippen MR) is 127 cm³/mol. The first-order chi connectivity index (χ1) is 16.1. The number of ether oxygens (including phenoxy) is 1. The molecule has 3 rings (SSSR count). The Labute approximate surface area is 198 Å². The molecule has 0 aromatic heterocycles. The Morgan fingerprint density at radius 3 is 2.50 bits per heavy atom. The van der Waals surface area contributed by atoms with Crippen LogP contribution >= 0.6 is 0 Å². The molecular formula is C25H31FN4O4. The molecule has 1 saturated heterocycles. The van der Waals surface area contributed by atoms with Gasteiger partial charge in [-0.2, -0.15) is 0 Å². The van der Waals surface area contributed by atoms with Gasteiger partial charge in [0.05, 0.1) is 24.8 Å². The molecule has 4 N–H and O–H groups in total. The van der Waals surface area contributed by atoms with E-state index in [4.69, 9.17) is 10.5 Å². The van der Waals surface area contributed by atoms with Gasteiger partial charge in [0.15, 0.2) is 0 Å². The van der Waals surface area contributed by atoms with E-state index in [0.717, 1.165) is 5.56 Å². The number of amides is 3. The van der Waals surface area contributed by atoms with Crippen molar-refractivity contribution in [2.75, 3.05) is 18.0 Å². The maximum atomic E-state index is 14.9. The normalized spacial score (nSPS) is 16.4. The van der Waals surface area contributed by atoms with Crippen molar-refractivity contribution < 1.29 is 23.5 Å². The molecule has 2 aromatic carbocycles. The number of carbonyl (C=O) groups is 3. The topological polar surface area (TPSA) is 114 Å². The van der Waals surface area contributed by atoms with Crippen molar-refractivity contribution >= 4 is 23.6 Å². The number of primary amides is 1. The number of nitrogens with zero attached hydrogens (tertiary/aromatic N) is 1. The lowest BCUT2D eigenvalue weighted by Crippen LogP contribution is -2.41. The molecule has 3 amide bonds. The van der Waals surface area contributed by atoms with Gasteiger partial charge in [-0.05, 0) is 41.7 Å². The van der Waals surface area contributed by atoms with Crippen molar-refractivity contribution in [3.05, 3.63) is 53.8 Å². The van der Waals surface area contributed by atoms with Gasteiger partial charge in [0.2, 0.25) is 11.8 Å². The van der Waals surface area contributed by atoms with E-state index in [1.54, 1.807) is 12.1 Å². The standard InChI is InChI=1S/C25H31FN4O4/c1-15(2)10-23(24(27)32)29-12-17-4-6-18(7-5-17)21-9-8-19(11-22(21)26)30-14-20(34-25(30)33)13-28-16(3)31/h4-9,11,15,20,23,29H,10,12-14H2,1-3H3,(H2,27,32)(H,28,31)/t20-,23-/m0/s1. The maximum Gasteiger partial charge on any atom is 0.414 e. The summed E-state index contributed by atoms with van der Waals surface area (Å²) in [6.07, 6.45) is -0.412. The van der Waals surface area contributed by atoms with Crippen LogP contribution in [-0.4, -0.2) is 43.1 Å². The van der Waals surface area contributed by atoms with Gasteiger partial charge in [-0.3, -0.25) is 14.5 Å². The second-order valence-electron chi connectivity index (χ2n) is 8.88. The number of hydrogen-bond acceptors (Lipinski definition) is 5. The average Bonchev–Trinajstić information content (AvgIpc) is 3.15. The molecule has 1 aliphatic heterocycles. The van der Waals surface area contributed by atoms with E-state index in [1.807, 2.05) is 38.1 Å². The summed E-state index contributed by atoms with van der Waals surface area (Å²) in [5, 5.41) is 5.79. The zero-order valence-corrected chi connectivity index (χ0v) is 19.6. The first-order valence-corrected chi connectivity index (χ1v) is 11.3. The SMILES string of the molecule is CC(=O)NC[C@H]1CN(c2ccc(-c3ccc(CN[C@@H](CC(C)C)C(N)=O)cc3)c(F)c2)C(=O)O1. The van der Waals surface area contributed by atoms with Crippen LogP contribution < -0.4 is 21.3 Å². The van der Waals surface area contributed by atoms with E-state index >= 15 is 0 Å². The first-order valence-electron chi connectivity index (χ1n) is 11.3. The summed E-state index contributed by atoms with van der Waals surface area (Å²) in [6.45, 7) is 6.35. The van der Waals surface area contributed by atoms with E-state index in [1.165, 1.54) is 17.9 Å². The molecule has 2 aromatic rings. The van der Waals surface area contributed by atoms with Gasteiger partial charge >= 0.3 is 6.09 Å². The van der Waals surface area contributed by atoms with Crippen molar-refractivity contribution in [1.82, 2.24) is 10.6 Å². The highest BCUT2D eigenvalue weighted by Gasteiger charge is 2.32. The van der Waals surface area contributed by atoms with Crippen molar-refractivity contribution in [3.63, 3.8) is 0 Å². The lowest BCUT2D eigenvalue weighted by atomic mass is 10.0. The fourth-order valence-electron chi connectivity index (χ4n) is 3.82. The second-order valence-corrected chi connectivity index (χ2v) is 8.88. The smallest absolute Gasteiger partial charge is 0.414 e. The third kappa shape index (κ3) is 6.54. The molecule has 182 valence electrons. The van der Waals surface area contributed by atoms with E-state index in [-0.39, 0.29) is 24.9 Å². The Balaban J connectivity index is 1.65. The van der Waals surface area contributed by atoms with Gasteiger partial charge in [0.1, 0.15) is 11.9 Å². The van der Waals surface area contributed by atoms with Crippen LogP contribution in [0.4, 0.5) is 14.9 Å². The van der Waals surface area contributed by atoms with Crippen molar-refractivity contribution in [2.45, 2.75) is 45.9 Å². The molecule has 0 radical (unpaired) electrons. The average molecular weight is 471 g/mol. The van der Waals surface area contributed by atoms with Crippen LogP contribution in [-0.2, 0) is 20.9 Å². The molecule has 0 saturated carbocycles. The lowest BCUT2D eigenvalue weighted by Gasteiger charge is -2.17. The Hall–Kier alpha value is -3.46. The fraction of sp³-hybridized carbons (Fsp3) is 0.400. The number of benzene rings is 2. The molecule has 0 aliphatic carbocycles. The minimum absolute atomic E-state index is 0.205. The number of cyclic esters (lactones) is 1. The van der Waals surface area contributed by atoms with Crippen LogP contribution in [0.2, 0.25) is 0 Å². The molecular weight excluding hydrogens is 439 g/mol. The first kappa shape index (κ1) is 25.2. The summed E-state index contributed by atoms with van der Waals surface area (Å²) in [5.74, 6) is -0.721. The highest BCUT2D eigenvalue weighted by Crippen LogP contribution is 2.29. The molecule has 0 spiro atoms. The van der Waals surface area contributed by atoms with Crippen LogP contribution in [0, 0.1) is 11.7 Å². The van der Waals surface area contributed by atoms with Gasteiger partial charge in [-0.15, -0.1) is 0 Å². The molecule has 2 atom stereocenters. The predicted octanol–water partition coefficient (Wildman–Crippen LogP) is 2.94. The minimum atomic E-state index is -0.578. The third-order valence-electron chi connectivity index (χ3n) is 5.59. The van der Waals surface area contributed by atoms with Gasteiger partial charge in [0.25, 0.3) is 0 Å². The highest BCUT2D eigenvalue weighted by molar-refractivity contribution is 5.90. The van der Waals surface area contributed by atoms with E-state index in [9.17, 15) is 18.8 Å². The fourth-order valence-corrected chi connectivity index (χ4v) is 3.82. The van der Waals surface area contributed by atoms with Crippen molar-refractivity contribution in [2.24, 2.45) is 11.7 Å². The molecule has 1 aliphatic rings. The largest absolute Gasteiger partial charge is 0.442 e. The van der Waals surface area contributed by atoms with Crippen LogP contribution in [0.3, 0.4) is 0 Å². The van der Waals surface area contributed by atoms with Crippen LogP contribution in [0.25, 0.3) is 11.1 Å². The molecule has 9 heteroatoms. The number of rotatable bonds is 10. The summed E-state index contributed by atoms with van der Waals surface area (Å²) in [5.41, 5.74) is 7.90. The number of anilines is 1. The summed E-state index contributed by atoms with van der Waals surface area (Å²) < 4.78 is 20.2. The summed E-state index contributed by atoms with van der Waals surface area (Å²) >= 11 is 0. The number of carbonyl (C=O) groups excluding carboxylic acids is 3. The van der Waals surface area contributed by atoms with E-state index in [2.05, 4.69) is 10.6 Å². The second kappa shape index (κ2) is 11.1.